The number of hydrogen-bond acceptors (Lipinski definition) is 5. The molecule has 100 valence electrons. The largest absolute Gasteiger partial charge is 0.367 e. The van der Waals surface area contributed by atoms with E-state index in [0.717, 1.165) is 0 Å². The lowest BCUT2D eigenvalue weighted by molar-refractivity contribution is -0.0791. The first-order chi connectivity index (χ1) is 8.43. The lowest BCUT2D eigenvalue weighted by Gasteiger charge is -2.43. The van der Waals surface area contributed by atoms with Crippen LogP contribution in [0.1, 0.15) is 19.5 Å². The van der Waals surface area contributed by atoms with E-state index in [1.165, 1.54) is 6.33 Å². The van der Waals surface area contributed by atoms with Gasteiger partial charge >= 0.3 is 0 Å². The van der Waals surface area contributed by atoms with Crippen LogP contribution in [-0.2, 0) is 4.74 Å². The SMILES string of the molecule is Cc1ncnc(N2CC(CN)OC(C)(C)C2)c1F. The van der Waals surface area contributed by atoms with Crippen LogP contribution in [0.5, 0.6) is 0 Å². The average molecular weight is 254 g/mol. The Bertz CT molecular complexity index is 438. The maximum absolute atomic E-state index is 14.0. The fourth-order valence-electron chi connectivity index (χ4n) is 2.25. The van der Waals surface area contributed by atoms with Gasteiger partial charge in [0.2, 0.25) is 0 Å². The highest BCUT2D eigenvalue weighted by atomic mass is 19.1. The fourth-order valence-corrected chi connectivity index (χ4v) is 2.25. The van der Waals surface area contributed by atoms with E-state index >= 15 is 0 Å². The molecule has 18 heavy (non-hydrogen) atoms. The highest BCUT2D eigenvalue weighted by molar-refractivity contribution is 5.42. The second-order valence-corrected chi connectivity index (χ2v) is 5.21. The molecule has 0 radical (unpaired) electrons. The van der Waals surface area contributed by atoms with Crippen LogP contribution >= 0.6 is 0 Å². The van der Waals surface area contributed by atoms with Crippen molar-refractivity contribution < 1.29 is 9.13 Å². The standard InChI is InChI=1S/C12H19FN4O/c1-8-10(13)11(16-7-15-8)17-5-9(4-14)18-12(2,3)6-17/h7,9H,4-6,14H2,1-3H3. The number of nitrogens with two attached hydrogens (primary N) is 1. The van der Waals surface area contributed by atoms with Crippen LogP contribution in [-0.4, -0.2) is 41.3 Å². The van der Waals surface area contributed by atoms with Crippen molar-refractivity contribution in [1.82, 2.24) is 9.97 Å². The minimum Gasteiger partial charge on any atom is -0.367 e. The van der Waals surface area contributed by atoms with Crippen LogP contribution in [0.4, 0.5) is 10.2 Å². The molecule has 1 fully saturated rings. The second-order valence-electron chi connectivity index (χ2n) is 5.21. The molecule has 0 aliphatic carbocycles. The highest BCUT2D eigenvalue weighted by Gasteiger charge is 2.34. The normalized spacial score (nSPS) is 23.2. The summed E-state index contributed by atoms with van der Waals surface area (Å²) in [4.78, 5) is 9.76. The number of anilines is 1. The average Bonchev–Trinajstić information content (AvgIpc) is 2.30. The molecular formula is C12H19FN4O. The van der Waals surface area contributed by atoms with Crippen molar-refractivity contribution in [1.29, 1.82) is 0 Å². The Morgan fingerprint density at radius 2 is 2.28 bits per heavy atom. The molecule has 0 aromatic carbocycles. The van der Waals surface area contributed by atoms with Crippen LogP contribution in [0.2, 0.25) is 0 Å². The van der Waals surface area contributed by atoms with Crippen LogP contribution in [0.3, 0.4) is 0 Å². The molecule has 0 bridgehead atoms. The van der Waals surface area contributed by atoms with Crippen LogP contribution in [0, 0.1) is 12.7 Å². The third kappa shape index (κ3) is 2.59. The third-order valence-electron chi connectivity index (χ3n) is 2.99. The molecule has 2 rings (SSSR count). The van der Waals surface area contributed by atoms with Gasteiger partial charge in [0.1, 0.15) is 6.33 Å². The van der Waals surface area contributed by atoms with Crippen molar-refractivity contribution in [2.75, 3.05) is 24.5 Å². The Balaban J connectivity index is 2.29. The van der Waals surface area contributed by atoms with Crippen molar-refractivity contribution >= 4 is 5.82 Å². The quantitative estimate of drug-likeness (QED) is 0.848. The maximum atomic E-state index is 14.0. The summed E-state index contributed by atoms with van der Waals surface area (Å²) in [6.45, 7) is 7.10. The van der Waals surface area contributed by atoms with Gasteiger partial charge in [-0.15, -0.1) is 0 Å². The number of morpholine rings is 1. The number of rotatable bonds is 2. The topological polar surface area (TPSA) is 64.3 Å². The van der Waals surface area contributed by atoms with Gasteiger partial charge in [-0.3, -0.25) is 0 Å². The van der Waals surface area contributed by atoms with E-state index in [-0.39, 0.29) is 17.5 Å². The van der Waals surface area contributed by atoms with Gasteiger partial charge in [-0.1, -0.05) is 0 Å². The molecule has 1 atom stereocenters. The summed E-state index contributed by atoms with van der Waals surface area (Å²) < 4.78 is 19.8. The Hall–Kier alpha value is -1.27. The first-order valence-electron chi connectivity index (χ1n) is 6.03. The number of aryl methyl sites for hydroxylation is 1. The molecule has 2 N–H and O–H groups in total. The lowest BCUT2D eigenvalue weighted by Crippen LogP contribution is -2.55. The molecule has 1 aromatic heterocycles. The van der Waals surface area contributed by atoms with E-state index in [1.807, 2.05) is 18.7 Å². The van der Waals surface area contributed by atoms with Crippen molar-refractivity contribution in [2.45, 2.75) is 32.5 Å². The molecule has 0 spiro atoms. The van der Waals surface area contributed by atoms with Gasteiger partial charge in [0, 0.05) is 19.6 Å². The van der Waals surface area contributed by atoms with E-state index in [9.17, 15) is 4.39 Å². The molecule has 6 heteroatoms. The fraction of sp³-hybridized carbons (Fsp3) is 0.667. The van der Waals surface area contributed by atoms with E-state index in [1.54, 1.807) is 6.92 Å². The van der Waals surface area contributed by atoms with Crippen LogP contribution in [0.15, 0.2) is 6.33 Å². The Morgan fingerprint density at radius 3 is 2.94 bits per heavy atom. The number of aromatic nitrogens is 2. The summed E-state index contributed by atoms with van der Waals surface area (Å²) in [5.41, 5.74) is 5.64. The van der Waals surface area contributed by atoms with Crippen LogP contribution < -0.4 is 10.6 Å². The number of halogens is 1. The Kier molecular flexibility index (Phi) is 3.49. The molecule has 1 saturated heterocycles. The van der Waals surface area contributed by atoms with Gasteiger partial charge in [-0.25, -0.2) is 14.4 Å². The number of ether oxygens (including phenoxy) is 1. The molecule has 5 nitrogen and oxygen atoms in total. The lowest BCUT2D eigenvalue weighted by atomic mass is 10.1. The molecule has 1 unspecified atom stereocenters. The van der Waals surface area contributed by atoms with Crippen molar-refractivity contribution in [2.24, 2.45) is 5.73 Å². The molecule has 2 heterocycles. The zero-order valence-electron chi connectivity index (χ0n) is 11.0. The molecule has 1 aliphatic rings. The van der Waals surface area contributed by atoms with Crippen molar-refractivity contribution in [3.63, 3.8) is 0 Å². The Morgan fingerprint density at radius 1 is 1.56 bits per heavy atom. The summed E-state index contributed by atoms with van der Waals surface area (Å²) in [5.74, 6) is -0.0386. The zero-order valence-corrected chi connectivity index (χ0v) is 11.0. The highest BCUT2D eigenvalue weighted by Crippen LogP contribution is 2.26. The van der Waals surface area contributed by atoms with Gasteiger partial charge in [-0.2, -0.15) is 0 Å². The summed E-state index contributed by atoms with van der Waals surface area (Å²) in [6.07, 6.45) is 1.27. The summed E-state index contributed by atoms with van der Waals surface area (Å²) >= 11 is 0. The van der Waals surface area contributed by atoms with Crippen LogP contribution in [0.25, 0.3) is 0 Å². The van der Waals surface area contributed by atoms with E-state index < -0.39 is 0 Å². The summed E-state index contributed by atoms with van der Waals surface area (Å²) in [5, 5.41) is 0. The second kappa shape index (κ2) is 4.78. The minimum atomic E-state index is -0.369. The first-order valence-corrected chi connectivity index (χ1v) is 6.03. The van der Waals surface area contributed by atoms with Gasteiger partial charge in [0.05, 0.1) is 17.4 Å². The summed E-state index contributed by atoms with van der Waals surface area (Å²) in [7, 11) is 0. The molecule has 1 aromatic rings. The zero-order chi connectivity index (χ0) is 13.3. The monoisotopic (exact) mass is 254 g/mol. The number of hydrogen-bond donors (Lipinski definition) is 1. The van der Waals surface area contributed by atoms with Crippen molar-refractivity contribution in [3.05, 3.63) is 17.8 Å². The van der Waals surface area contributed by atoms with Gasteiger partial charge in [0.25, 0.3) is 0 Å². The van der Waals surface area contributed by atoms with Crippen molar-refractivity contribution in [3.8, 4) is 0 Å². The third-order valence-corrected chi connectivity index (χ3v) is 2.99. The maximum Gasteiger partial charge on any atom is 0.186 e. The van der Waals surface area contributed by atoms with Gasteiger partial charge in [-0.05, 0) is 20.8 Å². The number of nitrogens with zero attached hydrogens (tertiary/aromatic N) is 3. The van der Waals surface area contributed by atoms with Gasteiger partial charge < -0.3 is 15.4 Å². The molecule has 1 aliphatic heterocycles. The first kappa shape index (κ1) is 13.2. The molecule has 0 saturated carbocycles. The molecule has 0 amide bonds. The van der Waals surface area contributed by atoms with E-state index in [4.69, 9.17) is 10.5 Å². The smallest absolute Gasteiger partial charge is 0.186 e. The minimum absolute atomic E-state index is 0.108. The van der Waals surface area contributed by atoms with E-state index in [0.29, 0.717) is 31.1 Å². The predicted molar refractivity (Wildman–Crippen MR) is 66.9 cm³/mol. The van der Waals surface area contributed by atoms with E-state index in [2.05, 4.69) is 9.97 Å². The predicted octanol–water partition coefficient (Wildman–Crippen LogP) is 0.867. The van der Waals surface area contributed by atoms with Gasteiger partial charge in [0.15, 0.2) is 11.6 Å². The molecular weight excluding hydrogens is 235 g/mol. The summed E-state index contributed by atoms with van der Waals surface area (Å²) in [6, 6.07) is 0. The Labute approximate surface area is 106 Å².